The van der Waals surface area contributed by atoms with Gasteiger partial charge in [-0.3, -0.25) is 4.98 Å². The number of aliphatic hydroxyl groups is 1. The molecule has 4 heteroatoms. The third-order valence-corrected chi connectivity index (χ3v) is 4.39. The third-order valence-electron chi connectivity index (χ3n) is 2.99. The SMILES string of the molecule is Cc1cccc2c(NCCSCC(C)(C)O)ccnc12. The summed E-state index contributed by atoms with van der Waals surface area (Å²) in [6.07, 6.45) is 1.85. The Labute approximate surface area is 124 Å². The molecular formula is C16H22N2OS. The largest absolute Gasteiger partial charge is 0.390 e. The summed E-state index contributed by atoms with van der Waals surface area (Å²) in [4.78, 5) is 4.44. The first-order valence-corrected chi connectivity index (χ1v) is 8.01. The van der Waals surface area contributed by atoms with E-state index in [4.69, 9.17) is 0 Å². The summed E-state index contributed by atoms with van der Waals surface area (Å²) in [5, 5.41) is 14.3. The highest BCUT2D eigenvalue weighted by molar-refractivity contribution is 7.99. The summed E-state index contributed by atoms with van der Waals surface area (Å²) in [5.41, 5.74) is 2.79. The second kappa shape index (κ2) is 6.46. The molecule has 0 bridgehead atoms. The molecule has 2 aromatic rings. The normalized spacial score (nSPS) is 11.8. The molecule has 1 heterocycles. The van der Waals surface area contributed by atoms with E-state index in [1.165, 1.54) is 10.9 Å². The van der Waals surface area contributed by atoms with Crippen molar-refractivity contribution in [1.82, 2.24) is 4.98 Å². The first kappa shape index (κ1) is 15.1. The number of aromatic nitrogens is 1. The van der Waals surface area contributed by atoms with Crippen LogP contribution in [0.25, 0.3) is 10.9 Å². The molecule has 2 N–H and O–H groups in total. The number of hydrogen-bond acceptors (Lipinski definition) is 4. The topological polar surface area (TPSA) is 45.1 Å². The van der Waals surface area contributed by atoms with Gasteiger partial charge in [-0.05, 0) is 32.4 Å². The lowest BCUT2D eigenvalue weighted by molar-refractivity contribution is 0.107. The molecule has 0 atom stereocenters. The van der Waals surface area contributed by atoms with Crippen LogP contribution in [0, 0.1) is 6.92 Å². The number of benzene rings is 1. The minimum Gasteiger partial charge on any atom is -0.390 e. The lowest BCUT2D eigenvalue weighted by atomic mass is 10.1. The Morgan fingerprint density at radius 1 is 1.30 bits per heavy atom. The number of anilines is 1. The van der Waals surface area contributed by atoms with Gasteiger partial charge in [0.2, 0.25) is 0 Å². The van der Waals surface area contributed by atoms with Crippen LogP contribution in [-0.4, -0.2) is 33.7 Å². The summed E-state index contributed by atoms with van der Waals surface area (Å²) < 4.78 is 0. The van der Waals surface area contributed by atoms with E-state index in [9.17, 15) is 5.11 Å². The smallest absolute Gasteiger partial charge is 0.0751 e. The molecule has 3 nitrogen and oxygen atoms in total. The summed E-state index contributed by atoms with van der Waals surface area (Å²) in [6, 6.07) is 8.26. The van der Waals surface area contributed by atoms with Crippen LogP contribution in [0.3, 0.4) is 0 Å². The monoisotopic (exact) mass is 290 g/mol. The van der Waals surface area contributed by atoms with Gasteiger partial charge < -0.3 is 10.4 Å². The average Bonchev–Trinajstić information content (AvgIpc) is 2.38. The molecule has 108 valence electrons. The Hall–Kier alpha value is -1.26. The zero-order valence-electron chi connectivity index (χ0n) is 12.3. The molecule has 2 rings (SSSR count). The van der Waals surface area contributed by atoms with E-state index in [1.54, 1.807) is 11.8 Å². The predicted octanol–water partition coefficient (Wildman–Crippen LogP) is 3.46. The Kier molecular flexibility index (Phi) is 4.89. The molecule has 0 spiro atoms. The van der Waals surface area contributed by atoms with Crippen molar-refractivity contribution in [1.29, 1.82) is 0 Å². The van der Waals surface area contributed by atoms with Crippen LogP contribution in [0.1, 0.15) is 19.4 Å². The summed E-state index contributed by atoms with van der Waals surface area (Å²) in [5.74, 6) is 1.73. The molecule has 1 aromatic heterocycles. The van der Waals surface area contributed by atoms with Crippen molar-refractivity contribution in [2.24, 2.45) is 0 Å². The van der Waals surface area contributed by atoms with Gasteiger partial charge >= 0.3 is 0 Å². The van der Waals surface area contributed by atoms with Gasteiger partial charge in [0.05, 0.1) is 11.1 Å². The van der Waals surface area contributed by atoms with E-state index >= 15 is 0 Å². The van der Waals surface area contributed by atoms with Crippen LogP contribution >= 0.6 is 11.8 Å². The summed E-state index contributed by atoms with van der Waals surface area (Å²) >= 11 is 1.76. The number of thioether (sulfide) groups is 1. The first-order chi connectivity index (χ1) is 9.47. The molecule has 0 aliphatic rings. The van der Waals surface area contributed by atoms with Gasteiger partial charge in [-0.1, -0.05) is 18.2 Å². The molecule has 0 saturated heterocycles. The average molecular weight is 290 g/mol. The summed E-state index contributed by atoms with van der Waals surface area (Å²) in [7, 11) is 0. The highest BCUT2D eigenvalue weighted by atomic mass is 32.2. The highest BCUT2D eigenvalue weighted by Gasteiger charge is 2.11. The minimum atomic E-state index is -0.592. The number of rotatable bonds is 6. The van der Waals surface area contributed by atoms with E-state index < -0.39 is 5.60 Å². The zero-order chi connectivity index (χ0) is 14.6. The van der Waals surface area contributed by atoms with E-state index in [0.29, 0.717) is 0 Å². The number of hydrogen-bond donors (Lipinski definition) is 2. The maximum absolute atomic E-state index is 9.66. The maximum atomic E-state index is 9.66. The minimum absolute atomic E-state index is 0.592. The van der Waals surface area contributed by atoms with Gasteiger partial charge in [0.1, 0.15) is 0 Å². The van der Waals surface area contributed by atoms with Gasteiger partial charge in [-0.15, -0.1) is 0 Å². The molecule has 1 aromatic carbocycles. The third kappa shape index (κ3) is 4.12. The van der Waals surface area contributed by atoms with Crippen molar-refractivity contribution in [3.8, 4) is 0 Å². The van der Waals surface area contributed by atoms with Gasteiger partial charge in [0, 0.05) is 35.3 Å². The van der Waals surface area contributed by atoms with Gasteiger partial charge in [-0.25, -0.2) is 0 Å². The fourth-order valence-corrected chi connectivity index (χ4v) is 2.95. The summed E-state index contributed by atoms with van der Waals surface area (Å²) in [6.45, 7) is 6.64. The van der Waals surface area contributed by atoms with Gasteiger partial charge in [-0.2, -0.15) is 11.8 Å². The van der Waals surface area contributed by atoms with Crippen LogP contribution in [-0.2, 0) is 0 Å². The standard InChI is InChI=1S/C16H22N2OS/c1-12-5-4-6-13-14(7-8-18-15(12)13)17-9-10-20-11-16(2,3)19/h4-8,19H,9-11H2,1-3H3,(H,17,18). The van der Waals surface area contributed by atoms with Crippen LogP contribution in [0.4, 0.5) is 5.69 Å². The predicted molar refractivity (Wildman–Crippen MR) is 88.6 cm³/mol. The fourth-order valence-electron chi connectivity index (χ4n) is 2.06. The van der Waals surface area contributed by atoms with Crippen molar-refractivity contribution in [3.63, 3.8) is 0 Å². The zero-order valence-corrected chi connectivity index (χ0v) is 13.1. The number of nitrogens with zero attached hydrogens (tertiary/aromatic N) is 1. The van der Waals surface area contributed by atoms with E-state index in [1.807, 2.05) is 26.1 Å². The number of para-hydroxylation sites is 1. The van der Waals surface area contributed by atoms with Crippen LogP contribution in [0.5, 0.6) is 0 Å². The van der Waals surface area contributed by atoms with Crippen molar-refractivity contribution < 1.29 is 5.11 Å². The molecule has 0 saturated carbocycles. The quantitative estimate of drug-likeness (QED) is 0.800. The lowest BCUT2D eigenvalue weighted by Crippen LogP contribution is -2.22. The molecule has 0 unspecified atom stereocenters. The highest BCUT2D eigenvalue weighted by Crippen LogP contribution is 2.23. The van der Waals surface area contributed by atoms with Crippen LogP contribution < -0.4 is 5.32 Å². The van der Waals surface area contributed by atoms with Crippen LogP contribution in [0.15, 0.2) is 30.5 Å². The van der Waals surface area contributed by atoms with Gasteiger partial charge in [0.25, 0.3) is 0 Å². The number of fused-ring (bicyclic) bond motifs is 1. The fraction of sp³-hybridized carbons (Fsp3) is 0.438. The number of pyridine rings is 1. The molecule has 0 aliphatic heterocycles. The van der Waals surface area contributed by atoms with E-state index in [0.717, 1.165) is 29.3 Å². The second-order valence-electron chi connectivity index (χ2n) is 5.62. The first-order valence-electron chi connectivity index (χ1n) is 6.86. The molecule has 0 amide bonds. The van der Waals surface area contributed by atoms with E-state index in [2.05, 4.69) is 35.4 Å². The molecular weight excluding hydrogens is 268 g/mol. The number of nitrogens with one attached hydrogen (secondary N) is 1. The van der Waals surface area contributed by atoms with Crippen molar-refractivity contribution in [3.05, 3.63) is 36.0 Å². The molecule has 20 heavy (non-hydrogen) atoms. The van der Waals surface area contributed by atoms with Crippen LogP contribution in [0.2, 0.25) is 0 Å². The number of aryl methyl sites for hydroxylation is 1. The lowest BCUT2D eigenvalue weighted by Gasteiger charge is -2.16. The maximum Gasteiger partial charge on any atom is 0.0751 e. The molecule has 0 fully saturated rings. The molecule has 0 aliphatic carbocycles. The van der Waals surface area contributed by atoms with Crippen molar-refractivity contribution in [2.75, 3.05) is 23.4 Å². The Balaban J connectivity index is 1.95. The van der Waals surface area contributed by atoms with Crippen molar-refractivity contribution in [2.45, 2.75) is 26.4 Å². The Morgan fingerprint density at radius 3 is 2.85 bits per heavy atom. The van der Waals surface area contributed by atoms with Crippen molar-refractivity contribution >= 4 is 28.4 Å². The second-order valence-corrected chi connectivity index (χ2v) is 6.73. The van der Waals surface area contributed by atoms with Gasteiger partial charge in [0.15, 0.2) is 0 Å². The Morgan fingerprint density at radius 2 is 2.10 bits per heavy atom. The molecule has 0 radical (unpaired) electrons. The Bertz CT molecular complexity index is 578. The van der Waals surface area contributed by atoms with E-state index in [-0.39, 0.29) is 0 Å².